The minimum Gasteiger partial charge on any atom is -0.481 e. The van der Waals surface area contributed by atoms with Crippen LogP contribution in [0.25, 0.3) is 5.69 Å². The summed E-state index contributed by atoms with van der Waals surface area (Å²) in [4.78, 5) is 25.8. The Hall–Kier alpha value is -2.34. The molecule has 132 valence electrons. The number of carbonyl (C=O) groups excluding carboxylic acids is 1. The number of rotatable bonds is 3. The summed E-state index contributed by atoms with van der Waals surface area (Å²) in [5, 5.41) is 14.2. The normalized spacial score (nSPS) is 20.5. The highest BCUT2D eigenvalue weighted by Gasteiger charge is 2.33. The minimum atomic E-state index is -0.851. The van der Waals surface area contributed by atoms with Crippen molar-refractivity contribution in [1.82, 2.24) is 14.7 Å². The number of nitrogens with zero attached hydrogens (tertiary/aromatic N) is 3. The molecule has 0 bridgehead atoms. The van der Waals surface area contributed by atoms with Gasteiger partial charge in [0.05, 0.1) is 29.1 Å². The Balaban J connectivity index is 1.87. The number of halogens is 1. The van der Waals surface area contributed by atoms with Gasteiger partial charge in [-0.1, -0.05) is 24.6 Å². The van der Waals surface area contributed by atoms with E-state index in [1.165, 1.54) is 6.20 Å². The number of aromatic nitrogens is 2. The van der Waals surface area contributed by atoms with E-state index in [0.717, 1.165) is 5.69 Å². The Bertz CT molecular complexity index is 818. The monoisotopic (exact) mass is 361 g/mol. The predicted molar refractivity (Wildman–Crippen MR) is 94.1 cm³/mol. The Morgan fingerprint density at radius 1 is 1.32 bits per heavy atom. The van der Waals surface area contributed by atoms with Gasteiger partial charge in [0.2, 0.25) is 0 Å². The quantitative estimate of drug-likeness (QED) is 0.911. The van der Waals surface area contributed by atoms with Crippen LogP contribution in [0.1, 0.15) is 29.4 Å². The number of benzene rings is 1. The maximum atomic E-state index is 12.9. The van der Waals surface area contributed by atoms with Crippen LogP contribution in [0.4, 0.5) is 0 Å². The van der Waals surface area contributed by atoms with Crippen molar-refractivity contribution in [2.75, 3.05) is 13.1 Å². The van der Waals surface area contributed by atoms with E-state index in [0.29, 0.717) is 29.2 Å². The maximum absolute atomic E-state index is 12.9. The van der Waals surface area contributed by atoms with Gasteiger partial charge in [0.25, 0.3) is 5.91 Å². The molecule has 0 spiro atoms. The number of carboxylic acid groups (broad SMARTS) is 1. The van der Waals surface area contributed by atoms with Gasteiger partial charge in [-0.25, -0.2) is 4.68 Å². The van der Waals surface area contributed by atoms with Gasteiger partial charge >= 0.3 is 5.97 Å². The average Bonchev–Trinajstić information content (AvgIpc) is 2.95. The fraction of sp³-hybridized carbons (Fsp3) is 0.389. The number of carboxylic acids is 1. The summed E-state index contributed by atoms with van der Waals surface area (Å²) in [5.74, 6) is -1.39. The molecular formula is C18H20ClN3O3. The van der Waals surface area contributed by atoms with Crippen LogP contribution < -0.4 is 0 Å². The van der Waals surface area contributed by atoms with Crippen LogP contribution in [0.15, 0.2) is 30.5 Å². The third-order valence-electron chi connectivity index (χ3n) is 4.59. The van der Waals surface area contributed by atoms with E-state index in [1.807, 2.05) is 26.0 Å². The van der Waals surface area contributed by atoms with Gasteiger partial charge in [0.15, 0.2) is 0 Å². The Morgan fingerprint density at radius 2 is 2.08 bits per heavy atom. The molecule has 0 aliphatic carbocycles. The molecule has 1 saturated heterocycles. The third-order valence-corrected chi connectivity index (χ3v) is 4.82. The zero-order chi connectivity index (χ0) is 18.1. The second kappa shape index (κ2) is 6.88. The molecule has 0 radical (unpaired) electrons. The highest BCUT2D eigenvalue weighted by molar-refractivity contribution is 6.30. The van der Waals surface area contributed by atoms with Gasteiger partial charge in [0.1, 0.15) is 0 Å². The first-order valence-corrected chi connectivity index (χ1v) is 8.57. The lowest BCUT2D eigenvalue weighted by atomic mass is 9.90. The van der Waals surface area contributed by atoms with Gasteiger partial charge in [-0.3, -0.25) is 9.59 Å². The first kappa shape index (κ1) is 17.5. The molecule has 1 aromatic carbocycles. The molecule has 0 saturated carbocycles. The van der Waals surface area contributed by atoms with E-state index < -0.39 is 11.9 Å². The SMILES string of the molecule is Cc1c(C(=O)N2CC(C)CC(C(=O)O)C2)cnn1-c1cccc(Cl)c1. The van der Waals surface area contributed by atoms with Crippen LogP contribution in [0.2, 0.25) is 5.02 Å². The standard InChI is InChI=1S/C18H20ClN3O3/c1-11-6-13(18(24)25)10-21(9-11)17(23)16-8-20-22(12(16)2)15-5-3-4-14(19)7-15/h3-5,7-8,11,13H,6,9-10H2,1-2H3,(H,24,25). The molecular weight excluding hydrogens is 342 g/mol. The lowest BCUT2D eigenvalue weighted by Crippen LogP contribution is -2.45. The van der Waals surface area contributed by atoms with Crippen molar-refractivity contribution in [1.29, 1.82) is 0 Å². The lowest BCUT2D eigenvalue weighted by Gasteiger charge is -2.34. The smallest absolute Gasteiger partial charge is 0.308 e. The first-order valence-electron chi connectivity index (χ1n) is 8.19. The van der Waals surface area contributed by atoms with Crippen LogP contribution in [0.5, 0.6) is 0 Å². The molecule has 1 amide bonds. The van der Waals surface area contributed by atoms with Gasteiger partial charge in [0, 0.05) is 18.1 Å². The summed E-state index contributed by atoms with van der Waals surface area (Å²) in [6.45, 7) is 4.59. The van der Waals surface area contributed by atoms with Gasteiger partial charge in [-0.05, 0) is 37.5 Å². The summed E-state index contributed by atoms with van der Waals surface area (Å²) in [6.07, 6.45) is 2.13. The van der Waals surface area contributed by atoms with E-state index in [-0.39, 0.29) is 18.4 Å². The van der Waals surface area contributed by atoms with E-state index in [1.54, 1.807) is 21.7 Å². The molecule has 3 rings (SSSR count). The molecule has 2 aromatic rings. The second-order valence-corrected chi connectivity index (χ2v) is 7.06. The molecule has 7 heteroatoms. The fourth-order valence-electron chi connectivity index (χ4n) is 3.35. The Labute approximate surface area is 151 Å². The zero-order valence-electron chi connectivity index (χ0n) is 14.1. The molecule has 1 aliphatic heterocycles. The second-order valence-electron chi connectivity index (χ2n) is 6.62. The van der Waals surface area contributed by atoms with Crippen molar-refractivity contribution >= 4 is 23.5 Å². The van der Waals surface area contributed by atoms with Crippen molar-refractivity contribution < 1.29 is 14.7 Å². The topological polar surface area (TPSA) is 75.4 Å². The summed E-state index contributed by atoms with van der Waals surface area (Å²) in [6, 6.07) is 7.24. The van der Waals surface area contributed by atoms with Gasteiger partial charge < -0.3 is 10.0 Å². The molecule has 1 fully saturated rings. The van der Waals surface area contributed by atoms with Crippen molar-refractivity contribution in [2.45, 2.75) is 20.3 Å². The summed E-state index contributed by atoms with van der Waals surface area (Å²) >= 11 is 6.03. The fourth-order valence-corrected chi connectivity index (χ4v) is 3.54. The number of carbonyl (C=O) groups is 2. The first-order chi connectivity index (χ1) is 11.9. The van der Waals surface area contributed by atoms with Crippen LogP contribution >= 0.6 is 11.6 Å². The number of piperidine rings is 1. The van der Waals surface area contributed by atoms with Crippen molar-refractivity contribution in [3.63, 3.8) is 0 Å². The van der Waals surface area contributed by atoms with Crippen molar-refractivity contribution in [2.24, 2.45) is 11.8 Å². The largest absolute Gasteiger partial charge is 0.481 e. The van der Waals surface area contributed by atoms with Crippen LogP contribution in [0, 0.1) is 18.8 Å². The molecule has 6 nitrogen and oxygen atoms in total. The highest BCUT2D eigenvalue weighted by atomic mass is 35.5. The number of aliphatic carboxylic acids is 1. The van der Waals surface area contributed by atoms with Crippen LogP contribution in [0.3, 0.4) is 0 Å². The number of hydrogen-bond donors (Lipinski definition) is 1. The molecule has 2 unspecified atom stereocenters. The Kier molecular flexibility index (Phi) is 4.81. The highest BCUT2D eigenvalue weighted by Crippen LogP contribution is 2.25. The predicted octanol–water partition coefficient (Wildman–Crippen LogP) is 3.02. The van der Waals surface area contributed by atoms with Crippen LogP contribution in [-0.2, 0) is 4.79 Å². The minimum absolute atomic E-state index is 0.155. The number of amides is 1. The van der Waals surface area contributed by atoms with Gasteiger partial charge in [-0.2, -0.15) is 5.10 Å². The van der Waals surface area contributed by atoms with E-state index >= 15 is 0 Å². The van der Waals surface area contributed by atoms with Gasteiger partial charge in [-0.15, -0.1) is 0 Å². The number of likely N-dealkylation sites (tertiary alicyclic amines) is 1. The summed E-state index contributed by atoms with van der Waals surface area (Å²) in [7, 11) is 0. The zero-order valence-corrected chi connectivity index (χ0v) is 14.9. The molecule has 1 N–H and O–H groups in total. The molecule has 2 atom stereocenters. The lowest BCUT2D eigenvalue weighted by molar-refractivity contribution is -0.143. The summed E-state index contributed by atoms with van der Waals surface area (Å²) < 4.78 is 1.67. The average molecular weight is 362 g/mol. The Morgan fingerprint density at radius 3 is 2.76 bits per heavy atom. The molecule has 1 aliphatic rings. The van der Waals surface area contributed by atoms with E-state index in [2.05, 4.69) is 5.10 Å². The van der Waals surface area contributed by atoms with Crippen LogP contribution in [-0.4, -0.2) is 44.8 Å². The van der Waals surface area contributed by atoms with Crippen molar-refractivity contribution in [3.05, 3.63) is 46.7 Å². The number of hydrogen-bond acceptors (Lipinski definition) is 3. The van der Waals surface area contributed by atoms with E-state index in [4.69, 9.17) is 11.6 Å². The molecule has 25 heavy (non-hydrogen) atoms. The summed E-state index contributed by atoms with van der Waals surface area (Å²) in [5.41, 5.74) is 1.97. The molecule has 2 heterocycles. The molecule has 1 aromatic heterocycles. The third kappa shape index (κ3) is 3.54. The van der Waals surface area contributed by atoms with E-state index in [9.17, 15) is 14.7 Å². The maximum Gasteiger partial charge on any atom is 0.308 e. The van der Waals surface area contributed by atoms with Crippen molar-refractivity contribution in [3.8, 4) is 5.69 Å².